The number of nitriles is 1. The Morgan fingerprint density at radius 2 is 2.33 bits per heavy atom. The van der Waals surface area contributed by atoms with Gasteiger partial charge in [-0.25, -0.2) is 4.39 Å². The van der Waals surface area contributed by atoms with E-state index in [4.69, 9.17) is 5.26 Å². The van der Waals surface area contributed by atoms with Crippen molar-refractivity contribution < 1.29 is 9.18 Å². The maximum absolute atomic E-state index is 13.0. The van der Waals surface area contributed by atoms with Crippen LogP contribution in [0.25, 0.3) is 0 Å². The van der Waals surface area contributed by atoms with Crippen molar-refractivity contribution in [2.24, 2.45) is 5.92 Å². The molecule has 1 heterocycles. The van der Waals surface area contributed by atoms with Crippen molar-refractivity contribution in [1.29, 1.82) is 5.26 Å². The van der Waals surface area contributed by atoms with Crippen LogP contribution >= 0.6 is 15.9 Å². The fraction of sp³-hybridized carbons (Fsp3) is 0.385. The topological polar surface area (TPSA) is 44.1 Å². The van der Waals surface area contributed by atoms with Crippen LogP contribution in [-0.4, -0.2) is 23.9 Å². The Labute approximate surface area is 113 Å². The number of rotatable bonds is 1. The van der Waals surface area contributed by atoms with Crippen molar-refractivity contribution in [3.63, 3.8) is 0 Å². The molecule has 0 bridgehead atoms. The lowest BCUT2D eigenvalue weighted by atomic mass is 9.99. The molecule has 1 aliphatic heterocycles. The number of likely N-dealkylation sites (tertiary alicyclic amines) is 1. The maximum Gasteiger partial charge on any atom is 0.255 e. The summed E-state index contributed by atoms with van der Waals surface area (Å²) in [5.41, 5.74) is 0.440. The molecule has 18 heavy (non-hydrogen) atoms. The van der Waals surface area contributed by atoms with Gasteiger partial charge in [0.2, 0.25) is 0 Å². The number of carbonyl (C=O) groups excluding carboxylic acids is 1. The molecule has 5 heteroatoms. The van der Waals surface area contributed by atoms with Gasteiger partial charge in [-0.2, -0.15) is 5.26 Å². The van der Waals surface area contributed by atoms with Crippen molar-refractivity contribution in [3.8, 4) is 6.07 Å². The third-order valence-electron chi connectivity index (χ3n) is 3.05. The van der Waals surface area contributed by atoms with E-state index in [-0.39, 0.29) is 17.6 Å². The quantitative estimate of drug-likeness (QED) is 0.800. The van der Waals surface area contributed by atoms with Crippen molar-refractivity contribution in [2.45, 2.75) is 12.8 Å². The zero-order valence-corrected chi connectivity index (χ0v) is 11.3. The van der Waals surface area contributed by atoms with Crippen LogP contribution in [0.2, 0.25) is 0 Å². The molecule has 1 fully saturated rings. The number of halogens is 2. The van der Waals surface area contributed by atoms with E-state index in [2.05, 4.69) is 22.0 Å². The van der Waals surface area contributed by atoms with Crippen LogP contribution in [0.5, 0.6) is 0 Å². The van der Waals surface area contributed by atoms with E-state index in [0.717, 1.165) is 12.8 Å². The summed E-state index contributed by atoms with van der Waals surface area (Å²) in [6.45, 7) is 1.11. The average Bonchev–Trinajstić information content (AvgIpc) is 2.38. The molecule has 1 aliphatic rings. The second kappa shape index (κ2) is 5.49. The standard InChI is InChI=1S/C13H12BrFN2O/c14-12-6-10(15)3-4-11(12)13(18)17-5-1-2-9(7-16)8-17/h3-4,6,9H,1-2,5,8H2. The molecule has 94 valence electrons. The first-order valence-corrected chi connectivity index (χ1v) is 6.55. The van der Waals surface area contributed by atoms with Crippen LogP contribution in [0.4, 0.5) is 4.39 Å². The molecule has 0 aliphatic carbocycles. The van der Waals surface area contributed by atoms with Gasteiger partial charge in [-0.1, -0.05) is 0 Å². The molecule has 0 N–H and O–H groups in total. The van der Waals surface area contributed by atoms with Gasteiger partial charge in [0.25, 0.3) is 5.91 Å². The highest BCUT2D eigenvalue weighted by molar-refractivity contribution is 9.10. The Morgan fingerprint density at radius 3 is 3.00 bits per heavy atom. The van der Waals surface area contributed by atoms with Gasteiger partial charge < -0.3 is 4.90 Å². The summed E-state index contributed by atoms with van der Waals surface area (Å²) in [6, 6.07) is 6.21. The van der Waals surface area contributed by atoms with Gasteiger partial charge in [0.05, 0.1) is 17.6 Å². The first-order chi connectivity index (χ1) is 8.61. The lowest BCUT2D eigenvalue weighted by molar-refractivity contribution is 0.0698. The molecule has 1 atom stereocenters. The summed E-state index contributed by atoms with van der Waals surface area (Å²) in [4.78, 5) is 13.9. The summed E-state index contributed by atoms with van der Waals surface area (Å²) >= 11 is 3.19. The van der Waals surface area contributed by atoms with E-state index >= 15 is 0 Å². The van der Waals surface area contributed by atoms with Crippen molar-refractivity contribution in [1.82, 2.24) is 4.90 Å². The number of amides is 1. The van der Waals surface area contributed by atoms with E-state index in [1.54, 1.807) is 4.90 Å². The van der Waals surface area contributed by atoms with Gasteiger partial charge >= 0.3 is 0 Å². The van der Waals surface area contributed by atoms with Gasteiger partial charge in [-0.15, -0.1) is 0 Å². The van der Waals surface area contributed by atoms with Crippen LogP contribution in [0.1, 0.15) is 23.2 Å². The molecular weight excluding hydrogens is 299 g/mol. The molecule has 1 aromatic carbocycles. The van der Waals surface area contributed by atoms with Crippen molar-refractivity contribution in [2.75, 3.05) is 13.1 Å². The molecule has 0 radical (unpaired) electrons. The molecule has 1 amide bonds. The zero-order chi connectivity index (χ0) is 13.1. The minimum Gasteiger partial charge on any atom is -0.337 e. The molecule has 0 spiro atoms. The highest BCUT2D eigenvalue weighted by atomic mass is 79.9. The first-order valence-electron chi connectivity index (χ1n) is 5.75. The number of hydrogen-bond donors (Lipinski definition) is 0. The first kappa shape index (κ1) is 13.0. The van der Waals surface area contributed by atoms with E-state index < -0.39 is 0 Å². The Kier molecular flexibility index (Phi) is 3.97. The van der Waals surface area contributed by atoms with Gasteiger partial charge in [-0.3, -0.25) is 4.79 Å². The predicted octanol–water partition coefficient (Wildman–Crippen LogP) is 2.96. The minimum atomic E-state index is -0.382. The van der Waals surface area contributed by atoms with E-state index in [9.17, 15) is 9.18 Å². The Balaban J connectivity index is 2.18. The monoisotopic (exact) mass is 310 g/mol. The predicted molar refractivity (Wildman–Crippen MR) is 68.3 cm³/mol. The van der Waals surface area contributed by atoms with Gasteiger partial charge in [-0.05, 0) is 47.0 Å². The van der Waals surface area contributed by atoms with Crippen LogP contribution < -0.4 is 0 Å². The lowest BCUT2D eigenvalue weighted by Gasteiger charge is -2.29. The third-order valence-corrected chi connectivity index (χ3v) is 3.71. The smallest absolute Gasteiger partial charge is 0.255 e. The second-order valence-electron chi connectivity index (χ2n) is 4.34. The number of benzene rings is 1. The normalized spacial score (nSPS) is 19.4. The Hall–Kier alpha value is -1.41. The number of hydrogen-bond acceptors (Lipinski definition) is 2. The van der Waals surface area contributed by atoms with Gasteiger partial charge in [0.1, 0.15) is 5.82 Å². The molecule has 1 unspecified atom stereocenters. The van der Waals surface area contributed by atoms with E-state index in [1.165, 1.54) is 18.2 Å². The minimum absolute atomic E-state index is 0.0954. The van der Waals surface area contributed by atoms with Crippen LogP contribution in [0.15, 0.2) is 22.7 Å². The summed E-state index contributed by atoms with van der Waals surface area (Å²) in [7, 11) is 0. The molecule has 3 nitrogen and oxygen atoms in total. The summed E-state index contributed by atoms with van der Waals surface area (Å²) in [5, 5.41) is 8.91. The molecule has 1 saturated heterocycles. The van der Waals surface area contributed by atoms with Gasteiger partial charge in [0.15, 0.2) is 0 Å². The number of carbonyl (C=O) groups is 1. The van der Waals surface area contributed by atoms with Crippen LogP contribution in [0.3, 0.4) is 0 Å². The van der Waals surface area contributed by atoms with Crippen LogP contribution in [0, 0.1) is 23.1 Å². The molecule has 2 rings (SSSR count). The highest BCUT2D eigenvalue weighted by Gasteiger charge is 2.25. The third kappa shape index (κ3) is 2.70. The summed E-state index contributed by atoms with van der Waals surface area (Å²) < 4.78 is 13.4. The van der Waals surface area contributed by atoms with Crippen LogP contribution in [-0.2, 0) is 0 Å². The summed E-state index contributed by atoms with van der Waals surface area (Å²) in [6.07, 6.45) is 1.67. The SMILES string of the molecule is N#CC1CCCN(C(=O)c2ccc(F)cc2Br)C1. The largest absolute Gasteiger partial charge is 0.337 e. The van der Waals surface area contributed by atoms with Crippen molar-refractivity contribution >= 4 is 21.8 Å². The van der Waals surface area contributed by atoms with Gasteiger partial charge in [0, 0.05) is 17.6 Å². The average molecular weight is 311 g/mol. The highest BCUT2D eigenvalue weighted by Crippen LogP contribution is 2.23. The van der Waals surface area contributed by atoms with Crippen molar-refractivity contribution in [3.05, 3.63) is 34.1 Å². The molecule has 0 saturated carbocycles. The maximum atomic E-state index is 13.0. The van der Waals surface area contributed by atoms with E-state index in [1.807, 2.05) is 0 Å². The Morgan fingerprint density at radius 1 is 1.56 bits per heavy atom. The fourth-order valence-corrected chi connectivity index (χ4v) is 2.62. The number of nitrogens with zero attached hydrogens (tertiary/aromatic N) is 2. The molecule has 1 aromatic rings. The Bertz CT molecular complexity index is 512. The zero-order valence-electron chi connectivity index (χ0n) is 9.70. The second-order valence-corrected chi connectivity index (χ2v) is 5.20. The fourth-order valence-electron chi connectivity index (χ4n) is 2.10. The number of piperidine rings is 1. The van der Waals surface area contributed by atoms with E-state index in [0.29, 0.717) is 23.1 Å². The molecule has 0 aromatic heterocycles. The lowest BCUT2D eigenvalue weighted by Crippen LogP contribution is -2.39. The summed E-state index contributed by atoms with van der Waals surface area (Å²) in [5.74, 6) is -0.629. The molecular formula is C13H12BrFN2O.